The normalized spacial score (nSPS) is 14.1. The predicted octanol–water partition coefficient (Wildman–Crippen LogP) is 2.75. The van der Waals surface area contributed by atoms with Crippen molar-refractivity contribution in [3.63, 3.8) is 0 Å². The minimum Gasteiger partial charge on any atom is -0.326 e. The minimum absolute atomic E-state index is 0.119. The highest BCUT2D eigenvalue weighted by atomic mass is 35.5. The molecule has 7 nitrogen and oxygen atoms in total. The van der Waals surface area contributed by atoms with Crippen LogP contribution in [0.15, 0.2) is 42.6 Å². The number of rotatable bonds is 5. The Balaban J connectivity index is 1.54. The Hall–Kier alpha value is -2.93. The number of halogens is 1. The first-order valence-electron chi connectivity index (χ1n) is 8.13. The van der Waals surface area contributed by atoms with Gasteiger partial charge in [0, 0.05) is 37.0 Å². The van der Waals surface area contributed by atoms with E-state index in [1.807, 2.05) is 6.07 Å². The molecule has 1 aliphatic rings. The molecule has 0 aliphatic carbocycles. The Morgan fingerprint density at radius 2 is 2.00 bits per heavy atom. The Morgan fingerprint density at radius 3 is 2.69 bits per heavy atom. The van der Waals surface area contributed by atoms with Crippen LogP contribution in [0.5, 0.6) is 0 Å². The summed E-state index contributed by atoms with van der Waals surface area (Å²) in [5.41, 5.74) is 2.25. The van der Waals surface area contributed by atoms with E-state index < -0.39 is 6.03 Å². The summed E-state index contributed by atoms with van der Waals surface area (Å²) in [6, 6.07) is 10.0. The molecule has 4 amide bonds. The average molecular weight is 373 g/mol. The van der Waals surface area contributed by atoms with Gasteiger partial charge in [0.15, 0.2) is 0 Å². The van der Waals surface area contributed by atoms with E-state index in [-0.39, 0.29) is 18.2 Å². The van der Waals surface area contributed by atoms with Gasteiger partial charge in [0.2, 0.25) is 11.8 Å². The number of nitrogens with one attached hydrogen (secondary N) is 2. The molecule has 0 atom stereocenters. The van der Waals surface area contributed by atoms with Gasteiger partial charge in [-0.05, 0) is 48.4 Å². The van der Waals surface area contributed by atoms with Gasteiger partial charge in [-0.1, -0.05) is 11.6 Å². The van der Waals surface area contributed by atoms with Crippen LogP contribution in [0.3, 0.4) is 0 Å². The lowest BCUT2D eigenvalue weighted by Crippen LogP contribution is -2.49. The smallest absolute Gasteiger partial charge is 0.326 e. The van der Waals surface area contributed by atoms with Gasteiger partial charge in [-0.3, -0.25) is 19.8 Å². The SMILES string of the molecule is O=C1CCN(c2ccc(NC(=O)CCc3ccnc(Cl)c3)cc2)C(=O)N1. The summed E-state index contributed by atoms with van der Waals surface area (Å²) in [5, 5.41) is 5.49. The molecule has 1 fully saturated rings. The number of hydrogen-bond acceptors (Lipinski definition) is 4. The van der Waals surface area contributed by atoms with Crippen molar-refractivity contribution in [2.45, 2.75) is 19.3 Å². The van der Waals surface area contributed by atoms with Gasteiger partial charge >= 0.3 is 6.03 Å². The number of aryl methyl sites for hydroxylation is 1. The molecular weight excluding hydrogens is 356 g/mol. The van der Waals surface area contributed by atoms with E-state index in [0.717, 1.165) is 5.56 Å². The zero-order valence-electron chi connectivity index (χ0n) is 13.9. The fourth-order valence-corrected chi connectivity index (χ4v) is 2.81. The van der Waals surface area contributed by atoms with Crippen LogP contribution in [0, 0.1) is 0 Å². The highest BCUT2D eigenvalue weighted by molar-refractivity contribution is 6.29. The third kappa shape index (κ3) is 4.58. The first kappa shape index (κ1) is 17.9. The van der Waals surface area contributed by atoms with Crippen molar-refractivity contribution in [3.05, 3.63) is 53.3 Å². The second kappa shape index (κ2) is 7.97. The molecule has 134 valence electrons. The molecule has 0 radical (unpaired) electrons. The number of hydrogen-bond donors (Lipinski definition) is 2. The lowest BCUT2D eigenvalue weighted by molar-refractivity contribution is -0.120. The quantitative estimate of drug-likeness (QED) is 0.789. The van der Waals surface area contributed by atoms with Crippen LogP contribution in [-0.2, 0) is 16.0 Å². The third-order valence-corrected chi connectivity index (χ3v) is 4.16. The Morgan fingerprint density at radius 1 is 1.23 bits per heavy atom. The van der Waals surface area contributed by atoms with Crippen molar-refractivity contribution in [3.8, 4) is 0 Å². The molecule has 8 heteroatoms. The number of benzene rings is 1. The maximum absolute atomic E-state index is 12.1. The first-order chi connectivity index (χ1) is 12.5. The molecule has 2 aromatic rings. The molecule has 1 aliphatic heterocycles. The fraction of sp³-hybridized carbons (Fsp3) is 0.222. The van der Waals surface area contributed by atoms with Crippen molar-refractivity contribution in [1.29, 1.82) is 0 Å². The van der Waals surface area contributed by atoms with Gasteiger partial charge in [0.1, 0.15) is 5.15 Å². The van der Waals surface area contributed by atoms with Gasteiger partial charge in [0.25, 0.3) is 0 Å². The third-order valence-electron chi connectivity index (χ3n) is 3.95. The van der Waals surface area contributed by atoms with E-state index in [2.05, 4.69) is 15.6 Å². The second-order valence-electron chi connectivity index (χ2n) is 5.84. The van der Waals surface area contributed by atoms with E-state index in [4.69, 9.17) is 11.6 Å². The zero-order valence-corrected chi connectivity index (χ0v) is 14.6. The molecule has 0 unspecified atom stereocenters. The van der Waals surface area contributed by atoms with E-state index >= 15 is 0 Å². The molecule has 0 saturated carbocycles. The van der Waals surface area contributed by atoms with Crippen LogP contribution in [0.2, 0.25) is 5.15 Å². The van der Waals surface area contributed by atoms with Gasteiger partial charge in [-0.25, -0.2) is 9.78 Å². The molecule has 0 bridgehead atoms. The number of urea groups is 1. The molecule has 1 aromatic carbocycles. The molecular formula is C18H17ClN4O3. The highest BCUT2D eigenvalue weighted by Gasteiger charge is 2.23. The minimum atomic E-state index is -0.436. The molecule has 3 rings (SSSR count). The van der Waals surface area contributed by atoms with Gasteiger partial charge in [-0.2, -0.15) is 0 Å². The average Bonchev–Trinajstić information content (AvgIpc) is 2.61. The van der Waals surface area contributed by atoms with E-state index in [1.54, 1.807) is 36.5 Å². The lowest BCUT2D eigenvalue weighted by Gasteiger charge is -2.26. The first-order valence-corrected chi connectivity index (χ1v) is 8.51. The van der Waals surface area contributed by atoms with Gasteiger partial charge in [-0.15, -0.1) is 0 Å². The summed E-state index contributed by atoms with van der Waals surface area (Å²) in [7, 11) is 0. The summed E-state index contributed by atoms with van der Waals surface area (Å²) in [5.74, 6) is -0.391. The van der Waals surface area contributed by atoms with Crippen LogP contribution < -0.4 is 15.5 Å². The van der Waals surface area contributed by atoms with Crippen molar-refractivity contribution in [2.75, 3.05) is 16.8 Å². The second-order valence-corrected chi connectivity index (χ2v) is 6.22. The molecule has 26 heavy (non-hydrogen) atoms. The van der Waals surface area contributed by atoms with Crippen LogP contribution in [0.4, 0.5) is 16.2 Å². The molecule has 2 heterocycles. The largest absolute Gasteiger partial charge is 0.328 e. The van der Waals surface area contributed by atoms with Crippen molar-refractivity contribution in [1.82, 2.24) is 10.3 Å². The summed E-state index contributed by atoms with van der Waals surface area (Å²) in [4.78, 5) is 40.5. The number of imide groups is 1. The number of nitrogens with zero attached hydrogens (tertiary/aromatic N) is 2. The van der Waals surface area contributed by atoms with Crippen molar-refractivity contribution >= 4 is 40.8 Å². The van der Waals surface area contributed by atoms with Crippen LogP contribution in [0.25, 0.3) is 0 Å². The summed E-state index contributed by atoms with van der Waals surface area (Å²) in [6.07, 6.45) is 2.76. The van der Waals surface area contributed by atoms with Crippen molar-refractivity contribution < 1.29 is 14.4 Å². The van der Waals surface area contributed by atoms with Crippen molar-refractivity contribution in [2.24, 2.45) is 0 Å². The summed E-state index contributed by atoms with van der Waals surface area (Å²) in [6.45, 7) is 0.338. The lowest BCUT2D eigenvalue weighted by atomic mass is 10.1. The number of anilines is 2. The summed E-state index contributed by atoms with van der Waals surface area (Å²) >= 11 is 5.82. The Bertz CT molecular complexity index is 839. The molecule has 1 aromatic heterocycles. The number of aromatic nitrogens is 1. The number of carbonyl (C=O) groups excluding carboxylic acids is 3. The zero-order chi connectivity index (χ0) is 18.5. The molecule has 0 spiro atoms. The predicted molar refractivity (Wildman–Crippen MR) is 98.1 cm³/mol. The molecule has 1 saturated heterocycles. The monoisotopic (exact) mass is 372 g/mol. The van der Waals surface area contributed by atoms with Gasteiger partial charge < -0.3 is 5.32 Å². The highest BCUT2D eigenvalue weighted by Crippen LogP contribution is 2.20. The van der Waals surface area contributed by atoms with E-state index in [0.29, 0.717) is 35.9 Å². The Kier molecular flexibility index (Phi) is 5.48. The maximum atomic E-state index is 12.1. The van der Waals surface area contributed by atoms with Crippen LogP contribution in [0.1, 0.15) is 18.4 Å². The number of pyridine rings is 1. The molecule has 2 N–H and O–H groups in total. The van der Waals surface area contributed by atoms with Crippen LogP contribution in [-0.4, -0.2) is 29.4 Å². The maximum Gasteiger partial charge on any atom is 0.328 e. The van der Waals surface area contributed by atoms with E-state index in [9.17, 15) is 14.4 Å². The van der Waals surface area contributed by atoms with Crippen LogP contribution >= 0.6 is 11.6 Å². The fourth-order valence-electron chi connectivity index (χ4n) is 2.61. The Labute approximate surface area is 155 Å². The standard InChI is InChI=1S/C18H17ClN4O3/c19-15-11-12(7-9-20-15)1-6-16(24)21-13-2-4-14(5-3-13)23-10-8-17(25)22-18(23)26/h2-5,7,9,11H,1,6,8,10H2,(H,21,24)(H,22,25,26). The van der Waals surface area contributed by atoms with Gasteiger partial charge in [0.05, 0.1) is 0 Å². The number of amides is 4. The van der Waals surface area contributed by atoms with E-state index in [1.165, 1.54) is 4.90 Å². The number of carbonyl (C=O) groups is 3. The summed E-state index contributed by atoms with van der Waals surface area (Å²) < 4.78 is 0. The topological polar surface area (TPSA) is 91.4 Å².